The van der Waals surface area contributed by atoms with E-state index >= 15 is 0 Å². The second-order valence-corrected chi connectivity index (χ2v) is 6.83. The molecule has 9 nitrogen and oxygen atoms in total. The van der Waals surface area contributed by atoms with Gasteiger partial charge in [-0.3, -0.25) is 14.8 Å². The average molecular weight is 438 g/mol. The van der Waals surface area contributed by atoms with E-state index in [1.165, 1.54) is 24.5 Å². The maximum absolute atomic E-state index is 12.2. The number of furan rings is 1. The largest absolute Gasteiger partial charge is 0.451 e. The minimum atomic E-state index is -1.29. The van der Waals surface area contributed by atoms with E-state index in [-0.39, 0.29) is 5.56 Å². The van der Waals surface area contributed by atoms with Crippen molar-refractivity contribution in [3.63, 3.8) is 0 Å². The zero-order valence-corrected chi connectivity index (χ0v) is 17.6. The van der Waals surface area contributed by atoms with Gasteiger partial charge in [-0.15, -0.1) is 0 Å². The first kappa shape index (κ1) is 24.7. The van der Waals surface area contributed by atoms with E-state index in [9.17, 15) is 14.7 Å². The summed E-state index contributed by atoms with van der Waals surface area (Å²) in [6.07, 6.45) is -0.287. The predicted octanol–water partition coefficient (Wildman–Crippen LogP) is 0.106. The Labute approximate surface area is 186 Å². The van der Waals surface area contributed by atoms with Gasteiger partial charge in [0.25, 0.3) is 11.8 Å². The fourth-order valence-corrected chi connectivity index (χ4v) is 2.58. The second kappa shape index (κ2) is 13.0. The smallest absolute Gasteiger partial charge is 0.268 e. The third kappa shape index (κ3) is 7.91. The molecule has 2 aromatic rings. The van der Waals surface area contributed by atoms with Crippen LogP contribution in [0.1, 0.15) is 40.8 Å². The van der Waals surface area contributed by atoms with Gasteiger partial charge >= 0.3 is 0 Å². The molecule has 0 aliphatic rings. The molecule has 1 heterocycles. The molecule has 0 bridgehead atoms. The number of aliphatic hydroxyl groups is 1. The van der Waals surface area contributed by atoms with Crippen molar-refractivity contribution in [2.45, 2.75) is 32.0 Å². The third-order valence-corrected chi connectivity index (χ3v) is 4.28. The zero-order chi connectivity index (χ0) is 23.3. The highest BCUT2D eigenvalue weighted by Crippen LogP contribution is 2.07. The summed E-state index contributed by atoms with van der Waals surface area (Å²) < 4.78 is 5.59. The van der Waals surface area contributed by atoms with E-state index in [1.54, 1.807) is 18.2 Å². The van der Waals surface area contributed by atoms with Crippen molar-refractivity contribution in [3.05, 3.63) is 59.0 Å². The molecule has 2 amide bonds. The van der Waals surface area contributed by atoms with Crippen molar-refractivity contribution in [2.24, 2.45) is 5.73 Å². The number of benzene rings is 1. The first-order valence-electron chi connectivity index (χ1n) is 9.99. The van der Waals surface area contributed by atoms with Gasteiger partial charge in [-0.05, 0) is 80.6 Å². The van der Waals surface area contributed by atoms with Crippen LogP contribution in [-0.2, 0) is 11.3 Å². The number of hydrogen-bond acceptors (Lipinski definition) is 7. The molecule has 1 aromatic carbocycles. The Morgan fingerprint density at radius 3 is 2.50 bits per heavy atom. The maximum atomic E-state index is 12.2. The lowest BCUT2D eigenvalue weighted by molar-refractivity contribution is -0.133. The lowest BCUT2D eigenvalue weighted by Gasteiger charge is -2.19. The van der Waals surface area contributed by atoms with E-state index in [2.05, 4.69) is 34.3 Å². The molecule has 1 aromatic heterocycles. The number of hydroxylamine groups is 1. The van der Waals surface area contributed by atoms with Gasteiger partial charge in [0.1, 0.15) is 11.8 Å². The first-order valence-corrected chi connectivity index (χ1v) is 9.99. The van der Waals surface area contributed by atoms with Gasteiger partial charge in [0, 0.05) is 11.1 Å². The molecule has 2 rings (SSSR count). The lowest BCUT2D eigenvalue weighted by Crippen LogP contribution is -2.51. The Morgan fingerprint density at radius 2 is 1.84 bits per heavy atom. The van der Waals surface area contributed by atoms with Gasteiger partial charge < -0.3 is 25.9 Å². The second-order valence-electron chi connectivity index (χ2n) is 6.83. The number of carbonyl (C=O) groups is 2. The minimum absolute atomic E-state index is 0.265. The van der Waals surface area contributed by atoms with Crippen LogP contribution in [0, 0.1) is 23.7 Å². The third-order valence-electron chi connectivity index (χ3n) is 4.28. The Balaban J connectivity index is 1.92. The van der Waals surface area contributed by atoms with Crippen molar-refractivity contribution in [1.82, 2.24) is 16.1 Å². The molecule has 2 atom stereocenters. The summed E-state index contributed by atoms with van der Waals surface area (Å²) in [5.41, 5.74) is 7.76. The van der Waals surface area contributed by atoms with Crippen LogP contribution in [0.4, 0.5) is 0 Å². The minimum Gasteiger partial charge on any atom is -0.451 e. The topological polar surface area (TPSA) is 150 Å². The number of carbonyl (C=O) groups excluding carboxylic acids is 2. The SMILES string of the molecule is C[C@@H](O)[C@H](NC(=O)c1ccc(C#CC#Cc2ccc(CNCCCN)o2)cc1)C(=O)NO. The van der Waals surface area contributed by atoms with Gasteiger partial charge in [0.2, 0.25) is 0 Å². The number of amides is 2. The summed E-state index contributed by atoms with van der Waals surface area (Å²) in [7, 11) is 0. The number of rotatable bonds is 9. The van der Waals surface area contributed by atoms with Crippen LogP contribution in [0.15, 0.2) is 40.8 Å². The first-order chi connectivity index (χ1) is 15.4. The van der Waals surface area contributed by atoms with Crippen molar-refractivity contribution in [1.29, 1.82) is 0 Å². The normalized spacial score (nSPS) is 11.9. The van der Waals surface area contributed by atoms with Crippen LogP contribution < -0.4 is 21.8 Å². The Morgan fingerprint density at radius 1 is 1.12 bits per heavy atom. The number of nitrogens with one attached hydrogen (secondary N) is 3. The average Bonchev–Trinajstić information content (AvgIpc) is 3.25. The summed E-state index contributed by atoms with van der Waals surface area (Å²) in [4.78, 5) is 23.8. The summed E-state index contributed by atoms with van der Waals surface area (Å²) >= 11 is 0. The molecule has 0 spiro atoms. The van der Waals surface area contributed by atoms with Crippen LogP contribution in [-0.4, -0.2) is 47.4 Å². The molecule has 168 valence electrons. The summed E-state index contributed by atoms with van der Waals surface area (Å²) in [5.74, 6) is 10.9. The van der Waals surface area contributed by atoms with Gasteiger partial charge in [0.05, 0.1) is 12.6 Å². The predicted molar refractivity (Wildman–Crippen MR) is 117 cm³/mol. The highest BCUT2D eigenvalue weighted by Gasteiger charge is 2.25. The summed E-state index contributed by atoms with van der Waals surface area (Å²) in [5, 5.41) is 23.9. The molecule has 32 heavy (non-hydrogen) atoms. The summed E-state index contributed by atoms with van der Waals surface area (Å²) in [6.45, 7) is 3.40. The molecule has 9 heteroatoms. The standard InChI is InChI=1S/C23H26N4O5/c1-16(28)21(23(30)27-31)26-22(29)18-9-7-17(8-10-18)5-2-3-6-19-11-12-20(32-19)15-25-14-4-13-24/h7-12,16,21,25,28,31H,4,13-15,24H2,1H3,(H,26,29)(H,27,30)/t16-,21+/m1/s1. The number of aliphatic hydroxyl groups excluding tert-OH is 1. The summed E-state index contributed by atoms with van der Waals surface area (Å²) in [6, 6.07) is 8.66. The molecular weight excluding hydrogens is 412 g/mol. The van der Waals surface area contributed by atoms with Crippen molar-refractivity contribution in [3.8, 4) is 23.7 Å². The molecular formula is C23H26N4O5. The van der Waals surface area contributed by atoms with Crippen molar-refractivity contribution in [2.75, 3.05) is 13.1 Å². The monoisotopic (exact) mass is 438 g/mol. The van der Waals surface area contributed by atoms with E-state index < -0.39 is 24.0 Å². The van der Waals surface area contributed by atoms with E-state index in [0.29, 0.717) is 24.4 Å². The van der Waals surface area contributed by atoms with Crippen LogP contribution in [0.25, 0.3) is 0 Å². The van der Waals surface area contributed by atoms with Crippen LogP contribution >= 0.6 is 0 Å². The quantitative estimate of drug-likeness (QED) is 0.141. The highest BCUT2D eigenvalue weighted by atomic mass is 16.5. The molecule has 0 aliphatic carbocycles. The van der Waals surface area contributed by atoms with Crippen LogP contribution in [0.5, 0.6) is 0 Å². The van der Waals surface area contributed by atoms with E-state index in [0.717, 1.165) is 18.7 Å². The lowest BCUT2D eigenvalue weighted by atomic mass is 10.1. The molecule has 0 unspecified atom stereocenters. The number of nitrogens with two attached hydrogens (primary N) is 1. The van der Waals surface area contributed by atoms with Crippen LogP contribution in [0.3, 0.4) is 0 Å². The van der Waals surface area contributed by atoms with Crippen molar-refractivity contribution < 1.29 is 24.3 Å². The van der Waals surface area contributed by atoms with Crippen molar-refractivity contribution >= 4 is 11.8 Å². The van der Waals surface area contributed by atoms with E-state index in [4.69, 9.17) is 15.4 Å². The Bertz CT molecular complexity index is 1020. The fourth-order valence-electron chi connectivity index (χ4n) is 2.58. The maximum Gasteiger partial charge on any atom is 0.268 e. The molecule has 0 radical (unpaired) electrons. The zero-order valence-electron chi connectivity index (χ0n) is 17.6. The highest BCUT2D eigenvalue weighted by molar-refractivity contribution is 5.97. The fraction of sp³-hybridized carbons (Fsp3) is 0.304. The Hall–Kier alpha value is -3.60. The van der Waals surface area contributed by atoms with Crippen LogP contribution in [0.2, 0.25) is 0 Å². The number of hydrogen-bond donors (Lipinski definition) is 6. The van der Waals surface area contributed by atoms with Gasteiger partial charge in [-0.25, -0.2) is 5.48 Å². The molecule has 0 saturated heterocycles. The van der Waals surface area contributed by atoms with Gasteiger partial charge in [0.15, 0.2) is 5.76 Å². The molecule has 0 aliphatic heterocycles. The van der Waals surface area contributed by atoms with Gasteiger partial charge in [-0.1, -0.05) is 5.92 Å². The van der Waals surface area contributed by atoms with E-state index in [1.807, 2.05) is 6.07 Å². The Kier molecular flexibility index (Phi) is 9.98. The molecule has 7 N–H and O–H groups in total. The van der Waals surface area contributed by atoms with Gasteiger partial charge in [-0.2, -0.15) is 0 Å². The molecule has 0 fully saturated rings. The molecule has 0 saturated carbocycles.